The van der Waals surface area contributed by atoms with E-state index in [0.29, 0.717) is 5.57 Å². The van der Waals surface area contributed by atoms with Crippen LogP contribution in [0.4, 0.5) is 22.7 Å². The van der Waals surface area contributed by atoms with Crippen molar-refractivity contribution in [2.24, 2.45) is 0 Å². The fourth-order valence-electron chi connectivity index (χ4n) is 8.77. The van der Waals surface area contributed by atoms with E-state index in [2.05, 4.69) is 249 Å². The zero-order valence-corrected chi connectivity index (χ0v) is 44.5. The summed E-state index contributed by atoms with van der Waals surface area (Å²) in [6.45, 7) is 15.2. The van der Waals surface area contributed by atoms with Gasteiger partial charge in [0, 0.05) is 80.6 Å². The molecule has 0 saturated heterocycles. The van der Waals surface area contributed by atoms with E-state index in [0.717, 1.165) is 31.5 Å². The van der Waals surface area contributed by atoms with Crippen molar-refractivity contribution in [3.63, 3.8) is 0 Å². The van der Waals surface area contributed by atoms with Crippen molar-refractivity contribution in [2.75, 3.05) is 22.9 Å². The van der Waals surface area contributed by atoms with Crippen molar-refractivity contribution in [3.8, 4) is 23.0 Å². The molecule has 7 aromatic rings. The smallest absolute Gasteiger partial charge is 0.113 e. The Balaban J connectivity index is 0.000000195. The van der Waals surface area contributed by atoms with Crippen LogP contribution in [0.1, 0.15) is 24.0 Å². The number of benzene rings is 7. The Morgan fingerprint density at radius 1 is 0.515 bits per heavy atom. The Morgan fingerprint density at radius 3 is 1.39 bits per heavy atom. The molecule has 0 aromatic heterocycles. The molecule has 7 aromatic carbocycles. The van der Waals surface area contributed by atoms with Gasteiger partial charge in [-0.3, -0.25) is 11.8 Å². The second-order valence-electron chi connectivity index (χ2n) is 17.2. The Hall–Kier alpha value is -5.61. The molecule has 2 aliphatic heterocycles. The van der Waals surface area contributed by atoms with Crippen molar-refractivity contribution in [1.82, 2.24) is 0 Å². The number of nitrogens with zero attached hydrogens (tertiary/aromatic N) is 2. The van der Waals surface area contributed by atoms with E-state index in [1.807, 2.05) is 12.1 Å². The minimum atomic E-state index is -1.53. The van der Waals surface area contributed by atoms with E-state index in [1.165, 1.54) is 60.2 Å². The van der Waals surface area contributed by atoms with E-state index in [9.17, 15) is 0 Å². The van der Waals surface area contributed by atoms with Gasteiger partial charge >= 0.3 is 0 Å². The average Bonchev–Trinajstić information content (AvgIpc) is 3.74. The zero-order valence-electron chi connectivity index (χ0n) is 38.2. The number of fused-ring (bicyclic) bond motifs is 4. The summed E-state index contributed by atoms with van der Waals surface area (Å²) in [5.74, 6) is 4.77. The van der Waals surface area contributed by atoms with Gasteiger partial charge in [0.1, 0.15) is 16.1 Å². The monoisotopic (exact) mass is 1250 g/mol. The summed E-state index contributed by atoms with van der Waals surface area (Å²) in [5.41, 5.74) is 10.5. The molecule has 338 valence electrons. The first kappa shape index (κ1) is 51.4. The molecule has 2 nitrogen and oxygen atoms in total. The predicted molar refractivity (Wildman–Crippen MR) is 281 cm³/mol. The molecule has 0 bridgehead atoms. The van der Waals surface area contributed by atoms with Crippen LogP contribution in [0, 0.1) is 24.7 Å². The molecule has 2 aliphatic rings. The molecule has 0 spiro atoms. The standard InChI is InChI=1S/C28H28N2.C16H13Si.C16H15Si.2Au/c1-5-15-25(16-6-1)29(26-17-7-2-8-18-26)23-13-14-24-30(27-19-9-3-10-20-27)28-21-11-4-12-22-28;1-4-12-9-10-16-14(11-12)13-7-5-6-8-15(13)17(16,2)3;1-5-13(2)10-11-15-12-14-8-6-7-9-16(14)17(15,3)4;;/h1-12,15-22H,13-14,23-24H2;5-11H,2-3H3;6-12H,2H2,3-4H3;;/q;2*-1;;/b;;11-10-;;. The molecule has 6 heteroatoms. The molecule has 2 radical (unpaired) electrons. The third-order valence-electron chi connectivity index (χ3n) is 12.3. The van der Waals surface area contributed by atoms with Crippen LogP contribution < -0.4 is 25.4 Å². The van der Waals surface area contributed by atoms with E-state index in [-0.39, 0.29) is 44.8 Å². The number of allylic oxidation sites excluding steroid dienone is 4. The van der Waals surface area contributed by atoms with Gasteiger partial charge in [-0.25, -0.2) is 0 Å². The van der Waals surface area contributed by atoms with Crippen LogP contribution >= 0.6 is 0 Å². The number of rotatable bonds is 11. The molecule has 0 N–H and O–H groups in total. The van der Waals surface area contributed by atoms with Crippen LogP contribution in [-0.2, 0) is 44.8 Å². The summed E-state index contributed by atoms with van der Waals surface area (Å²) in [6.07, 6.45) is 22.7. The van der Waals surface area contributed by atoms with Crippen molar-refractivity contribution in [1.29, 1.82) is 0 Å². The number of unbranched alkanes of at least 4 members (excludes halogenated alkanes) is 1. The first-order valence-corrected chi connectivity index (χ1v) is 28.2. The normalized spacial score (nSPS) is 12.8. The largest absolute Gasteiger partial charge is 0.366 e. The van der Waals surface area contributed by atoms with Crippen LogP contribution in [0.3, 0.4) is 0 Å². The van der Waals surface area contributed by atoms with Crippen LogP contribution in [0.25, 0.3) is 17.2 Å². The van der Waals surface area contributed by atoms with E-state index in [1.54, 1.807) is 0 Å². The van der Waals surface area contributed by atoms with Gasteiger partial charge < -0.3 is 22.6 Å². The summed E-state index contributed by atoms with van der Waals surface area (Å²) in [4.78, 5) is 4.82. The van der Waals surface area contributed by atoms with Crippen molar-refractivity contribution in [2.45, 2.75) is 39.0 Å². The Labute approximate surface area is 428 Å². The Morgan fingerprint density at radius 2 is 0.939 bits per heavy atom. The summed E-state index contributed by atoms with van der Waals surface area (Å²) in [5, 5.41) is 5.87. The van der Waals surface area contributed by atoms with Gasteiger partial charge in [-0.2, -0.15) is 6.58 Å². The molecule has 0 saturated carbocycles. The molecular formula is C60H56Au2N2Si2-2. The maximum absolute atomic E-state index is 7.25. The average molecular weight is 1260 g/mol. The fourth-order valence-corrected chi connectivity index (χ4v) is 14.6. The SMILES string of the molecule is [Au].[Au].[C-]#CC(=C)/C=C\C1=Cc2ccccc2[Si]1(C)C.[C-]#Cc1ccc2c(c1)-c1ccccc1[Si]2(C)C.c1ccc(N(CCCCN(c2ccccc2)c2ccccc2)c2ccccc2)cc1. The van der Waals surface area contributed by atoms with Crippen molar-refractivity contribution < 1.29 is 44.8 Å². The third kappa shape index (κ3) is 12.2. The van der Waals surface area contributed by atoms with Crippen LogP contribution in [-0.4, -0.2) is 29.2 Å². The van der Waals surface area contributed by atoms with Crippen LogP contribution in [0.5, 0.6) is 0 Å². The van der Waals surface area contributed by atoms with Gasteiger partial charge in [-0.1, -0.05) is 171 Å². The first-order valence-electron chi connectivity index (χ1n) is 22.2. The maximum atomic E-state index is 7.25. The van der Waals surface area contributed by atoms with Gasteiger partial charge in [-0.05, 0) is 93.6 Å². The molecule has 0 atom stereocenters. The molecule has 9 rings (SSSR count). The molecule has 0 amide bonds. The van der Waals surface area contributed by atoms with Gasteiger partial charge in [0.25, 0.3) is 0 Å². The van der Waals surface area contributed by atoms with E-state index >= 15 is 0 Å². The first-order chi connectivity index (χ1) is 31.1. The summed E-state index contributed by atoms with van der Waals surface area (Å²) in [6, 6.07) is 66.2. The quantitative estimate of drug-likeness (QED) is 0.0419. The Bertz CT molecular complexity index is 2660. The number of para-hydroxylation sites is 4. The van der Waals surface area contributed by atoms with Gasteiger partial charge in [-0.15, -0.1) is 29.3 Å². The van der Waals surface area contributed by atoms with Crippen LogP contribution in [0.15, 0.2) is 218 Å². The van der Waals surface area contributed by atoms with Crippen LogP contribution in [0.2, 0.25) is 26.2 Å². The van der Waals surface area contributed by atoms with E-state index < -0.39 is 16.1 Å². The number of hydrogen-bond acceptors (Lipinski definition) is 2. The van der Waals surface area contributed by atoms with Gasteiger partial charge in [0.15, 0.2) is 0 Å². The van der Waals surface area contributed by atoms with Crippen molar-refractivity contribution in [3.05, 3.63) is 242 Å². The fraction of sp³-hybridized carbons (Fsp3) is 0.133. The molecule has 66 heavy (non-hydrogen) atoms. The second kappa shape index (κ2) is 24.2. The van der Waals surface area contributed by atoms with Crippen molar-refractivity contribution >= 4 is 60.5 Å². The molecular weight excluding hydrogens is 1200 g/mol. The summed E-state index contributed by atoms with van der Waals surface area (Å²) < 4.78 is 0. The zero-order chi connectivity index (χ0) is 44.9. The molecule has 0 fully saturated rings. The molecule has 0 aliphatic carbocycles. The summed E-state index contributed by atoms with van der Waals surface area (Å²) >= 11 is 0. The third-order valence-corrected chi connectivity index (χ3v) is 19.4. The summed E-state index contributed by atoms with van der Waals surface area (Å²) in [7, 11) is -3.03. The topological polar surface area (TPSA) is 6.48 Å². The predicted octanol–water partition coefficient (Wildman–Crippen LogP) is 13.1. The molecule has 2 heterocycles. The second-order valence-corrected chi connectivity index (χ2v) is 25.9. The van der Waals surface area contributed by atoms with E-state index in [4.69, 9.17) is 12.8 Å². The van der Waals surface area contributed by atoms with Gasteiger partial charge in [0.05, 0.1) is 0 Å². The minimum absolute atomic E-state index is 0. The van der Waals surface area contributed by atoms with Gasteiger partial charge in [0.2, 0.25) is 0 Å². The number of hydrogen-bond donors (Lipinski definition) is 0. The number of anilines is 4. The minimum Gasteiger partial charge on any atom is -0.366 e. The molecule has 0 unspecified atom stereocenters. The Kier molecular flexibility index (Phi) is 18.9. The maximum Gasteiger partial charge on any atom is 0.113 e.